The maximum atomic E-state index is 12.0. The Hall–Kier alpha value is -0.393. The van der Waals surface area contributed by atoms with E-state index in [0.29, 0.717) is 6.61 Å². The van der Waals surface area contributed by atoms with Crippen LogP contribution in [0.15, 0.2) is 0 Å². The van der Waals surface area contributed by atoms with Gasteiger partial charge >= 0.3 is 0 Å². The molecule has 5 heteroatoms. The molecule has 2 N–H and O–H groups in total. The number of nitrogens with zero attached hydrogens (tertiary/aromatic N) is 1. The first-order chi connectivity index (χ1) is 8.15. The number of hydrogen-bond acceptors (Lipinski definition) is 3. The van der Waals surface area contributed by atoms with Crippen LogP contribution >= 0.6 is 0 Å². The Kier molecular flexibility index (Phi) is 4.97. The van der Waals surface area contributed by atoms with Crippen molar-refractivity contribution in [2.75, 3.05) is 19.7 Å². The maximum absolute atomic E-state index is 12.0. The van der Waals surface area contributed by atoms with Gasteiger partial charge in [0.05, 0.1) is 6.61 Å². The molecule has 1 saturated heterocycles. The first kappa shape index (κ1) is 15.7. The zero-order valence-electron chi connectivity index (χ0n) is 12.5. The summed E-state index contributed by atoms with van der Waals surface area (Å²) in [6.45, 7) is 13.0. The molecule has 1 aliphatic rings. The number of nitrogens with two attached hydrogens (primary N) is 1. The average molecular weight is 272 g/mol. The van der Waals surface area contributed by atoms with E-state index in [1.54, 1.807) is 0 Å². The van der Waals surface area contributed by atoms with E-state index in [1.807, 2.05) is 4.90 Å². The topological polar surface area (TPSA) is 55.6 Å². The smallest absolute Gasteiger partial charge is 0.241 e. The highest BCUT2D eigenvalue weighted by Gasteiger charge is 2.38. The highest BCUT2D eigenvalue weighted by molar-refractivity contribution is 6.74. The van der Waals surface area contributed by atoms with E-state index in [2.05, 4.69) is 33.9 Å². The van der Waals surface area contributed by atoms with E-state index in [1.165, 1.54) is 0 Å². The number of carbonyl (C=O) groups excluding carboxylic acids is 1. The summed E-state index contributed by atoms with van der Waals surface area (Å²) in [5, 5.41) is 0.156. The van der Waals surface area contributed by atoms with Crippen LogP contribution in [0.4, 0.5) is 0 Å². The Morgan fingerprint density at radius 1 is 1.33 bits per heavy atom. The molecule has 0 spiro atoms. The van der Waals surface area contributed by atoms with Crippen LogP contribution in [0.1, 0.15) is 33.6 Å². The molecule has 0 aromatic rings. The molecule has 0 aliphatic carbocycles. The van der Waals surface area contributed by atoms with E-state index in [0.717, 1.165) is 25.9 Å². The normalized spacial score (nSPS) is 19.1. The van der Waals surface area contributed by atoms with Crippen molar-refractivity contribution in [3.8, 4) is 0 Å². The van der Waals surface area contributed by atoms with Crippen molar-refractivity contribution in [1.29, 1.82) is 0 Å². The maximum Gasteiger partial charge on any atom is 0.241 e. The third-order valence-corrected chi connectivity index (χ3v) is 8.67. The van der Waals surface area contributed by atoms with Crippen LogP contribution < -0.4 is 5.73 Å². The summed E-state index contributed by atoms with van der Waals surface area (Å²) >= 11 is 0. The molecule has 0 saturated carbocycles. The molecule has 0 bridgehead atoms. The van der Waals surface area contributed by atoms with Gasteiger partial charge in [0.2, 0.25) is 5.91 Å². The van der Waals surface area contributed by atoms with Crippen LogP contribution in [0.3, 0.4) is 0 Å². The van der Waals surface area contributed by atoms with E-state index in [9.17, 15) is 4.79 Å². The van der Waals surface area contributed by atoms with Gasteiger partial charge in [-0.3, -0.25) is 4.79 Å². The number of rotatable bonds is 4. The number of likely N-dealkylation sites (tertiary alicyclic amines) is 1. The van der Waals surface area contributed by atoms with Gasteiger partial charge in [0.25, 0.3) is 0 Å². The minimum Gasteiger partial charge on any atom is -0.415 e. The van der Waals surface area contributed by atoms with E-state index >= 15 is 0 Å². The molecule has 1 rings (SSSR count). The second-order valence-electron chi connectivity index (χ2n) is 6.71. The van der Waals surface area contributed by atoms with Gasteiger partial charge in [-0.15, -0.1) is 0 Å². The fourth-order valence-corrected chi connectivity index (χ4v) is 2.79. The lowest BCUT2D eigenvalue weighted by Crippen LogP contribution is -2.49. The first-order valence-electron chi connectivity index (χ1n) is 6.83. The van der Waals surface area contributed by atoms with Gasteiger partial charge in [-0.2, -0.15) is 0 Å². The summed E-state index contributed by atoms with van der Waals surface area (Å²) in [6.07, 6.45) is 2.20. The quantitative estimate of drug-likeness (QED) is 0.796. The summed E-state index contributed by atoms with van der Waals surface area (Å²) in [5.74, 6) is 0.0474. The highest BCUT2D eigenvalue weighted by atomic mass is 28.4. The Balaban J connectivity index is 2.45. The van der Waals surface area contributed by atoms with Gasteiger partial charge in [0.1, 0.15) is 6.04 Å². The molecular formula is C13H28N2O2Si. The van der Waals surface area contributed by atoms with Gasteiger partial charge in [-0.05, 0) is 31.0 Å². The van der Waals surface area contributed by atoms with Gasteiger partial charge in [-0.25, -0.2) is 0 Å². The fraction of sp³-hybridized carbons (Fsp3) is 0.923. The molecule has 1 atom stereocenters. The summed E-state index contributed by atoms with van der Waals surface area (Å²) < 4.78 is 6.00. The van der Waals surface area contributed by atoms with Gasteiger partial charge in [0, 0.05) is 13.1 Å². The molecule has 0 aromatic heterocycles. The predicted octanol–water partition coefficient (Wildman–Crippen LogP) is 1.96. The summed E-state index contributed by atoms with van der Waals surface area (Å²) in [6, 6.07) is -0.503. The molecular weight excluding hydrogens is 244 g/mol. The minimum atomic E-state index is -1.80. The Bertz CT molecular complexity index is 294. The van der Waals surface area contributed by atoms with Gasteiger partial charge in [0.15, 0.2) is 8.32 Å². The van der Waals surface area contributed by atoms with Crippen molar-refractivity contribution in [3.63, 3.8) is 0 Å². The predicted molar refractivity (Wildman–Crippen MR) is 76.9 cm³/mol. The van der Waals surface area contributed by atoms with Crippen LogP contribution in [-0.2, 0) is 9.22 Å². The van der Waals surface area contributed by atoms with Gasteiger partial charge < -0.3 is 15.1 Å². The Morgan fingerprint density at radius 2 is 1.83 bits per heavy atom. The molecule has 0 unspecified atom stereocenters. The SMILES string of the molecule is CC(C)(C)[Si](C)(C)OC[C@H](N)C(=O)N1CCCC1. The molecule has 0 aromatic carbocycles. The number of amides is 1. The van der Waals surface area contributed by atoms with Crippen LogP contribution in [0.25, 0.3) is 0 Å². The molecule has 106 valence electrons. The minimum absolute atomic E-state index is 0.0474. The van der Waals surface area contributed by atoms with Crippen LogP contribution in [0.5, 0.6) is 0 Å². The average Bonchev–Trinajstić information content (AvgIpc) is 2.76. The second kappa shape index (κ2) is 5.71. The summed E-state index contributed by atoms with van der Waals surface area (Å²) in [4.78, 5) is 13.9. The number of hydrogen-bond donors (Lipinski definition) is 1. The highest BCUT2D eigenvalue weighted by Crippen LogP contribution is 2.36. The van der Waals surface area contributed by atoms with Crippen molar-refractivity contribution < 1.29 is 9.22 Å². The third-order valence-electron chi connectivity index (χ3n) is 4.16. The van der Waals surface area contributed by atoms with Crippen molar-refractivity contribution >= 4 is 14.2 Å². The van der Waals surface area contributed by atoms with Crippen molar-refractivity contribution in [3.05, 3.63) is 0 Å². The Morgan fingerprint density at radius 3 is 2.28 bits per heavy atom. The third kappa shape index (κ3) is 3.80. The van der Waals surface area contributed by atoms with E-state index in [-0.39, 0.29) is 10.9 Å². The van der Waals surface area contributed by atoms with E-state index < -0.39 is 14.4 Å². The summed E-state index contributed by atoms with van der Waals surface area (Å²) in [5.41, 5.74) is 5.95. The standard InChI is InChI=1S/C13H28N2O2Si/c1-13(2,3)18(4,5)17-10-11(14)12(16)15-8-6-7-9-15/h11H,6-10,14H2,1-5H3/t11-/m0/s1. The molecule has 1 amide bonds. The molecule has 1 heterocycles. The Labute approximate surface area is 112 Å². The lowest BCUT2D eigenvalue weighted by atomic mass is 10.2. The van der Waals surface area contributed by atoms with Gasteiger partial charge in [-0.1, -0.05) is 20.8 Å². The lowest BCUT2D eigenvalue weighted by molar-refractivity contribution is -0.132. The largest absolute Gasteiger partial charge is 0.415 e. The zero-order valence-corrected chi connectivity index (χ0v) is 13.5. The van der Waals surface area contributed by atoms with Crippen LogP contribution in [-0.4, -0.2) is 44.9 Å². The molecule has 0 radical (unpaired) electrons. The van der Waals surface area contributed by atoms with Crippen LogP contribution in [0, 0.1) is 0 Å². The monoisotopic (exact) mass is 272 g/mol. The number of carbonyl (C=O) groups is 1. The fourth-order valence-electron chi connectivity index (χ4n) is 1.76. The summed E-state index contributed by atoms with van der Waals surface area (Å²) in [7, 11) is -1.80. The lowest BCUT2D eigenvalue weighted by Gasteiger charge is -2.37. The zero-order chi connectivity index (χ0) is 14.0. The molecule has 4 nitrogen and oxygen atoms in total. The van der Waals surface area contributed by atoms with Crippen LogP contribution in [0.2, 0.25) is 18.1 Å². The van der Waals surface area contributed by atoms with E-state index in [4.69, 9.17) is 10.2 Å². The van der Waals surface area contributed by atoms with Crippen molar-refractivity contribution in [2.24, 2.45) is 5.73 Å². The van der Waals surface area contributed by atoms with Crippen molar-refractivity contribution in [1.82, 2.24) is 4.90 Å². The molecule has 1 aliphatic heterocycles. The van der Waals surface area contributed by atoms with Crippen molar-refractivity contribution in [2.45, 2.75) is 57.8 Å². The second-order valence-corrected chi connectivity index (χ2v) is 11.5. The molecule has 1 fully saturated rings. The molecule has 18 heavy (non-hydrogen) atoms. The first-order valence-corrected chi connectivity index (χ1v) is 9.74.